The second-order valence-corrected chi connectivity index (χ2v) is 10.0. The van der Waals surface area contributed by atoms with Crippen LogP contribution in [0.4, 0.5) is 5.69 Å². The lowest BCUT2D eigenvalue weighted by atomic mass is 10.1. The van der Waals surface area contributed by atoms with Gasteiger partial charge < -0.3 is 18.9 Å². The second kappa shape index (κ2) is 11.4. The van der Waals surface area contributed by atoms with Crippen LogP contribution in [-0.4, -0.2) is 72.5 Å². The van der Waals surface area contributed by atoms with Gasteiger partial charge in [0.05, 0.1) is 36.3 Å². The van der Waals surface area contributed by atoms with Crippen molar-refractivity contribution in [2.45, 2.75) is 51.9 Å². The van der Waals surface area contributed by atoms with Crippen LogP contribution < -0.4 is 4.31 Å². The van der Waals surface area contributed by atoms with Crippen LogP contribution in [0.5, 0.6) is 0 Å². The molecule has 0 saturated carbocycles. The molecule has 4 atom stereocenters. The summed E-state index contributed by atoms with van der Waals surface area (Å²) in [6.07, 6.45) is -1.99. The molecule has 1 aromatic carbocycles. The van der Waals surface area contributed by atoms with Crippen molar-refractivity contribution >= 4 is 33.6 Å². The largest absolute Gasteiger partial charge is 0.463 e. The van der Waals surface area contributed by atoms with Gasteiger partial charge in [-0.05, 0) is 24.3 Å². The van der Waals surface area contributed by atoms with Crippen LogP contribution in [-0.2, 0) is 49.9 Å². The number of anilines is 1. The molecule has 15 heteroatoms. The summed E-state index contributed by atoms with van der Waals surface area (Å²) in [5.74, 6) is -1.96. The number of carbonyl (C=O) groups is 3. The van der Waals surface area contributed by atoms with Gasteiger partial charge in [-0.15, -0.1) is 5.10 Å². The Kier molecular flexibility index (Phi) is 8.46. The quantitative estimate of drug-likeness (QED) is 0.320. The number of carbonyl (C=O) groups excluding carboxylic acids is 3. The summed E-state index contributed by atoms with van der Waals surface area (Å²) in [4.78, 5) is 34.8. The van der Waals surface area contributed by atoms with E-state index < -0.39 is 52.5 Å². The van der Waals surface area contributed by atoms with Crippen molar-refractivity contribution in [1.82, 2.24) is 15.0 Å². The van der Waals surface area contributed by atoms with Crippen molar-refractivity contribution in [2.75, 3.05) is 17.2 Å². The minimum absolute atomic E-state index is 0.208. The number of esters is 3. The molecule has 2 aromatic rings. The molecule has 0 aliphatic carbocycles. The first-order valence-corrected chi connectivity index (χ1v) is 12.8. The molecule has 0 unspecified atom stereocenters. The Morgan fingerprint density at radius 1 is 1.08 bits per heavy atom. The van der Waals surface area contributed by atoms with Gasteiger partial charge in [-0.25, -0.2) is 13.1 Å². The fourth-order valence-electron chi connectivity index (χ4n) is 3.67. The predicted octanol–water partition coefficient (Wildman–Crippen LogP) is 0.440. The molecule has 198 valence electrons. The van der Waals surface area contributed by atoms with Crippen LogP contribution in [0.15, 0.2) is 30.5 Å². The highest BCUT2D eigenvalue weighted by Gasteiger charge is 2.51. The van der Waals surface area contributed by atoms with E-state index in [1.165, 1.54) is 42.1 Å². The third-order valence-electron chi connectivity index (χ3n) is 5.15. The van der Waals surface area contributed by atoms with Crippen molar-refractivity contribution in [3.8, 4) is 6.07 Å². The Bertz CT molecular complexity index is 1300. The van der Waals surface area contributed by atoms with E-state index in [0.29, 0.717) is 11.3 Å². The molecule has 2 heterocycles. The molecule has 37 heavy (non-hydrogen) atoms. The summed E-state index contributed by atoms with van der Waals surface area (Å²) < 4.78 is 48.8. The number of nitriles is 1. The molecule has 1 aliphatic heterocycles. The summed E-state index contributed by atoms with van der Waals surface area (Å²) in [5, 5.41) is 17.0. The molecule has 1 aromatic heterocycles. The highest BCUT2D eigenvalue weighted by molar-refractivity contribution is 7.92. The van der Waals surface area contributed by atoms with Gasteiger partial charge in [-0.3, -0.25) is 18.7 Å². The fraction of sp³-hybridized carbons (Fsp3) is 0.455. The molecular weight excluding hydrogens is 510 g/mol. The van der Waals surface area contributed by atoms with Crippen LogP contribution in [0.25, 0.3) is 0 Å². The van der Waals surface area contributed by atoms with E-state index in [4.69, 9.17) is 24.2 Å². The molecule has 1 saturated heterocycles. The summed E-state index contributed by atoms with van der Waals surface area (Å²) >= 11 is 0. The lowest BCUT2D eigenvalue weighted by Gasteiger charge is -2.23. The molecule has 0 amide bonds. The third kappa shape index (κ3) is 7.02. The number of ether oxygens (including phenoxy) is 4. The molecule has 0 bridgehead atoms. The normalized spacial score (nSPS) is 21.1. The molecule has 0 N–H and O–H groups in total. The minimum atomic E-state index is -3.75. The van der Waals surface area contributed by atoms with Gasteiger partial charge in [-0.2, -0.15) is 5.26 Å². The van der Waals surface area contributed by atoms with E-state index >= 15 is 0 Å². The molecule has 14 nitrogen and oxygen atoms in total. The smallest absolute Gasteiger partial charge is 0.303 e. The lowest BCUT2D eigenvalue weighted by molar-refractivity contribution is -0.166. The van der Waals surface area contributed by atoms with Gasteiger partial charge in [0.15, 0.2) is 18.4 Å². The van der Waals surface area contributed by atoms with E-state index in [2.05, 4.69) is 10.3 Å². The second-order valence-electron chi connectivity index (χ2n) is 8.13. The van der Waals surface area contributed by atoms with Crippen LogP contribution >= 0.6 is 0 Å². The average Bonchev–Trinajstić information content (AvgIpc) is 3.40. The first kappa shape index (κ1) is 27.6. The van der Waals surface area contributed by atoms with Crippen molar-refractivity contribution in [3.63, 3.8) is 0 Å². The van der Waals surface area contributed by atoms with E-state index in [1.807, 2.05) is 6.07 Å². The zero-order valence-electron chi connectivity index (χ0n) is 20.4. The van der Waals surface area contributed by atoms with Gasteiger partial charge in [0.1, 0.15) is 18.4 Å². The fourth-order valence-corrected chi connectivity index (χ4v) is 4.54. The molecule has 0 radical (unpaired) electrons. The van der Waals surface area contributed by atoms with E-state index in [9.17, 15) is 22.8 Å². The monoisotopic (exact) mass is 535 g/mol. The Morgan fingerprint density at radius 3 is 2.24 bits per heavy atom. The minimum Gasteiger partial charge on any atom is -0.463 e. The van der Waals surface area contributed by atoms with Gasteiger partial charge in [0.25, 0.3) is 0 Å². The topological polar surface area (TPSA) is 180 Å². The Labute approximate surface area is 212 Å². The number of sulfonamides is 1. The van der Waals surface area contributed by atoms with Gasteiger partial charge >= 0.3 is 17.9 Å². The summed E-state index contributed by atoms with van der Waals surface area (Å²) in [6.45, 7) is 3.03. The number of rotatable bonds is 9. The van der Waals surface area contributed by atoms with Crippen molar-refractivity contribution in [3.05, 3.63) is 41.7 Å². The zero-order chi connectivity index (χ0) is 27.3. The first-order valence-electron chi connectivity index (χ1n) is 10.9. The van der Waals surface area contributed by atoms with Crippen molar-refractivity contribution in [2.24, 2.45) is 0 Å². The molecule has 0 spiro atoms. The van der Waals surface area contributed by atoms with Crippen molar-refractivity contribution < 1.29 is 41.7 Å². The number of nitrogens with zero attached hydrogens (tertiary/aromatic N) is 5. The van der Waals surface area contributed by atoms with Gasteiger partial charge in [0, 0.05) is 20.8 Å². The first-order chi connectivity index (χ1) is 17.4. The maximum Gasteiger partial charge on any atom is 0.303 e. The molecular formula is C22H25N5O9S. The maximum absolute atomic E-state index is 12.5. The number of hydrogen-bond donors (Lipinski definition) is 0. The average molecular weight is 536 g/mol. The Balaban J connectivity index is 1.90. The summed E-state index contributed by atoms with van der Waals surface area (Å²) in [7, 11) is -3.75. The third-order valence-corrected chi connectivity index (χ3v) is 6.29. The predicted molar refractivity (Wildman–Crippen MR) is 124 cm³/mol. The van der Waals surface area contributed by atoms with Gasteiger partial charge in [0.2, 0.25) is 10.0 Å². The zero-order valence-corrected chi connectivity index (χ0v) is 21.2. The van der Waals surface area contributed by atoms with Crippen molar-refractivity contribution in [1.29, 1.82) is 5.26 Å². The van der Waals surface area contributed by atoms with Crippen LogP contribution in [0, 0.1) is 11.3 Å². The molecule has 3 rings (SSSR count). The number of benzene rings is 1. The Hall–Kier alpha value is -4.03. The summed E-state index contributed by atoms with van der Waals surface area (Å²) in [6, 6.07) is 7.92. The highest BCUT2D eigenvalue weighted by atomic mass is 32.2. The van der Waals surface area contributed by atoms with E-state index in [-0.39, 0.29) is 18.8 Å². The molecule has 1 fully saturated rings. The maximum atomic E-state index is 12.5. The van der Waals surface area contributed by atoms with Gasteiger partial charge in [-0.1, -0.05) is 5.21 Å². The number of aromatic nitrogens is 3. The van der Waals surface area contributed by atoms with Crippen LogP contribution in [0.3, 0.4) is 0 Å². The SMILES string of the molecule is CC(=O)OC[C@H]1O[C@@H](n2cc(CN(c3ccc(C#N)cc3)S(C)(=O)=O)nn2)[C@H](OC(C)=O)[C@@H]1OC(C)=O. The van der Waals surface area contributed by atoms with Crippen LogP contribution in [0.1, 0.15) is 38.3 Å². The highest BCUT2D eigenvalue weighted by Crippen LogP contribution is 2.34. The Morgan fingerprint density at radius 2 is 1.70 bits per heavy atom. The standard InChI is InChI=1S/C22H25N5O9S/c1-13(28)33-12-19-20(34-14(2)29)21(35-15(3)30)22(36-19)26-10-17(24-25-26)11-27(37(4,31)32)18-7-5-16(9-23)6-8-18/h5-8,10,19-22H,11-12H2,1-4H3/t19-,20-,21-,22-/m1/s1. The van der Waals surface area contributed by atoms with E-state index in [0.717, 1.165) is 24.4 Å². The van der Waals surface area contributed by atoms with Crippen LogP contribution in [0.2, 0.25) is 0 Å². The summed E-state index contributed by atoms with van der Waals surface area (Å²) in [5.41, 5.74) is 0.887. The van der Waals surface area contributed by atoms with E-state index in [1.54, 1.807) is 0 Å². The lowest BCUT2D eigenvalue weighted by Crippen LogP contribution is -2.40. The number of hydrogen-bond acceptors (Lipinski definition) is 12. The molecule has 1 aliphatic rings.